The summed E-state index contributed by atoms with van der Waals surface area (Å²) in [5, 5.41) is 6.64. The summed E-state index contributed by atoms with van der Waals surface area (Å²) in [7, 11) is 0. The molecule has 0 unspecified atom stereocenters. The number of nitrogens with zero attached hydrogens (tertiary/aromatic N) is 3. The van der Waals surface area contributed by atoms with E-state index in [9.17, 15) is 0 Å². The number of rotatable bonds is 5. The molecule has 0 aliphatic heterocycles. The zero-order chi connectivity index (χ0) is 12.4. The maximum Gasteiger partial charge on any atom is 0.111 e. The van der Waals surface area contributed by atoms with Gasteiger partial charge in [0.05, 0.1) is 5.69 Å². The fourth-order valence-electron chi connectivity index (χ4n) is 1.87. The first-order valence-corrected chi connectivity index (χ1v) is 7.14. The molecule has 18 heavy (non-hydrogen) atoms. The lowest BCUT2D eigenvalue weighted by Crippen LogP contribution is -2.15. The van der Waals surface area contributed by atoms with Gasteiger partial charge in [-0.05, 0) is 32.2 Å². The van der Waals surface area contributed by atoms with Crippen molar-refractivity contribution in [2.45, 2.75) is 26.3 Å². The van der Waals surface area contributed by atoms with Crippen LogP contribution < -0.4 is 5.32 Å². The molecule has 2 aromatic heterocycles. The molecule has 0 aromatic carbocycles. The van der Waals surface area contributed by atoms with Gasteiger partial charge in [-0.25, -0.2) is 4.98 Å². The van der Waals surface area contributed by atoms with Gasteiger partial charge in [0.25, 0.3) is 0 Å². The van der Waals surface area contributed by atoms with E-state index in [0.29, 0.717) is 0 Å². The summed E-state index contributed by atoms with van der Waals surface area (Å²) in [5.74, 6) is 0.909. The Hall–Kier alpha value is -1.33. The molecular weight excluding hydrogens is 244 g/mol. The zero-order valence-electron chi connectivity index (χ0n) is 10.4. The van der Waals surface area contributed by atoms with Crippen molar-refractivity contribution in [3.63, 3.8) is 0 Å². The van der Waals surface area contributed by atoms with Crippen LogP contribution in [0.15, 0.2) is 17.8 Å². The van der Waals surface area contributed by atoms with E-state index >= 15 is 0 Å². The van der Waals surface area contributed by atoms with Crippen LogP contribution in [0.3, 0.4) is 0 Å². The van der Waals surface area contributed by atoms with Gasteiger partial charge in [0, 0.05) is 24.3 Å². The fraction of sp³-hybridized carbons (Fsp3) is 0.462. The van der Waals surface area contributed by atoms with Crippen LogP contribution in [0.5, 0.6) is 0 Å². The van der Waals surface area contributed by atoms with Crippen molar-refractivity contribution in [3.8, 4) is 11.4 Å². The van der Waals surface area contributed by atoms with Gasteiger partial charge in [0.1, 0.15) is 16.4 Å². The number of thiazole rings is 1. The molecule has 1 saturated carbocycles. The topological polar surface area (TPSA) is 50.7 Å². The minimum absolute atomic E-state index is 0.862. The number of nitrogens with one attached hydrogen (secondary N) is 1. The minimum Gasteiger partial charge on any atom is -0.310 e. The number of hydrogen-bond acceptors (Lipinski definition) is 5. The summed E-state index contributed by atoms with van der Waals surface area (Å²) < 4.78 is 0. The molecule has 0 amide bonds. The zero-order valence-corrected chi connectivity index (χ0v) is 11.2. The molecule has 94 valence electrons. The minimum atomic E-state index is 0.862. The molecule has 2 aromatic rings. The molecule has 2 heterocycles. The highest BCUT2D eigenvalue weighted by molar-refractivity contribution is 7.09. The Morgan fingerprint density at radius 2 is 2.17 bits per heavy atom. The molecule has 0 bridgehead atoms. The van der Waals surface area contributed by atoms with Gasteiger partial charge in [0.15, 0.2) is 0 Å². The molecule has 0 saturated heterocycles. The molecule has 0 radical (unpaired) electrons. The van der Waals surface area contributed by atoms with Crippen molar-refractivity contribution in [2.75, 3.05) is 6.54 Å². The smallest absolute Gasteiger partial charge is 0.111 e. The first-order chi connectivity index (χ1) is 8.83. The second-order valence-electron chi connectivity index (χ2n) is 4.69. The summed E-state index contributed by atoms with van der Waals surface area (Å²) >= 11 is 1.68. The van der Waals surface area contributed by atoms with Crippen molar-refractivity contribution in [1.29, 1.82) is 0 Å². The standard InChI is InChI=1S/C13H16N4S/c1-9-13(16-5-4-15-9)11-8-18-12(17-11)7-14-6-10-2-3-10/h4-5,8,10,14H,2-3,6-7H2,1H3. The third kappa shape index (κ3) is 2.73. The fourth-order valence-corrected chi connectivity index (χ4v) is 2.61. The lowest BCUT2D eigenvalue weighted by Gasteiger charge is -2.00. The van der Waals surface area contributed by atoms with E-state index in [4.69, 9.17) is 0 Å². The Bertz CT molecular complexity index is 533. The van der Waals surface area contributed by atoms with Gasteiger partial charge in [-0.3, -0.25) is 9.97 Å². The second-order valence-corrected chi connectivity index (χ2v) is 5.63. The number of aromatic nitrogens is 3. The quantitative estimate of drug-likeness (QED) is 0.897. The van der Waals surface area contributed by atoms with Gasteiger partial charge in [-0.2, -0.15) is 0 Å². The third-order valence-corrected chi connectivity index (χ3v) is 3.93. The van der Waals surface area contributed by atoms with Crippen molar-refractivity contribution in [2.24, 2.45) is 5.92 Å². The van der Waals surface area contributed by atoms with Gasteiger partial charge < -0.3 is 5.32 Å². The third-order valence-electron chi connectivity index (χ3n) is 3.08. The van der Waals surface area contributed by atoms with Crippen LogP contribution in [0.25, 0.3) is 11.4 Å². The van der Waals surface area contributed by atoms with E-state index in [1.807, 2.05) is 6.92 Å². The monoisotopic (exact) mass is 260 g/mol. The van der Waals surface area contributed by atoms with E-state index in [0.717, 1.165) is 41.1 Å². The lowest BCUT2D eigenvalue weighted by molar-refractivity contribution is 0.637. The van der Waals surface area contributed by atoms with Gasteiger partial charge in [0.2, 0.25) is 0 Å². The van der Waals surface area contributed by atoms with Crippen LogP contribution in [-0.2, 0) is 6.54 Å². The molecule has 5 heteroatoms. The average molecular weight is 260 g/mol. The summed E-state index contributed by atoms with van der Waals surface area (Å²) in [4.78, 5) is 13.2. The van der Waals surface area contributed by atoms with Crippen molar-refractivity contribution < 1.29 is 0 Å². The largest absolute Gasteiger partial charge is 0.310 e. The normalized spacial score (nSPS) is 14.9. The van der Waals surface area contributed by atoms with Crippen LogP contribution in [0, 0.1) is 12.8 Å². The van der Waals surface area contributed by atoms with E-state index in [1.54, 1.807) is 23.7 Å². The predicted octanol–water partition coefficient (Wildman–Crippen LogP) is 2.41. The van der Waals surface area contributed by atoms with Crippen LogP contribution in [0.4, 0.5) is 0 Å². The van der Waals surface area contributed by atoms with Crippen molar-refractivity contribution >= 4 is 11.3 Å². The van der Waals surface area contributed by atoms with Crippen molar-refractivity contribution in [3.05, 3.63) is 28.5 Å². The molecule has 1 N–H and O–H groups in total. The second kappa shape index (κ2) is 5.12. The highest BCUT2D eigenvalue weighted by Gasteiger charge is 2.20. The maximum atomic E-state index is 4.61. The Kier molecular flexibility index (Phi) is 3.34. The maximum absolute atomic E-state index is 4.61. The molecular formula is C13H16N4S. The Balaban J connectivity index is 1.66. The first kappa shape index (κ1) is 11.7. The summed E-state index contributed by atoms with van der Waals surface area (Å²) in [5.41, 5.74) is 2.76. The lowest BCUT2D eigenvalue weighted by atomic mass is 10.3. The first-order valence-electron chi connectivity index (χ1n) is 6.26. The molecule has 0 atom stereocenters. The van der Waals surface area contributed by atoms with Gasteiger partial charge in [-0.15, -0.1) is 11.3 Å². The molecule has 1 fully saturated rings. The molecule has 1 aliphatic rings. The molecule has 1 aliphatic carbocycles. The highest BCUT2D eigenvalue weighted by atomic mass is 32.1. The van der Waals surface area contributed by atoms with Crippen LogP contribution in [-0.4, -0.2) is 21.5 Å². The summed E-state index contributed by atoms with van der Waals surface area (Å²) in [6, 6.07) is 0. The van der Waals surface area contributed by atoms with E-state index in [-0.39, 0.29) is 0 Å². The van der Waals surface area contributed by atoms with Crippen LogP contribution >= 0.6 is 11.3 Å². The Morgan fingerprint density at radius 3 is 2.94 bits per heavy atom. The molecule has 3 rings (SSSR count). The van der Waals surface area contributed by atoms with Gasteiger partial charge in [-0.1, -0.05) is 0 Å². The predicted molar refractivity (Wildman–Crippen MR) is 72.3 cm³/mol. The number of aryl methyl sites for hydroxylation is 1. The Morgan fingerprint density at radius 1 is 1.33 bits per heavy atom. The summed E-state index contributed by atoms with van der Waals surface area (Å²) in [6.45, 7) is 3.95. The average Bonchev–Trinajstić information content (AvgIpc) is 3.08. The molecule has 0 spiro atoms. The van der Waals surface area contributed by atoms with E-state index < -0.39 is 0 Å². The molecule has 4 nitrogen and oxygen atoms in total. The van der Waals surface area contributed by atoms with Crippen molar-refractivity contribution in [1.82, 2.24) is 20.3 Å². The summed E-state index contributed by atoms with van der Waals surface area (Å²) in [6.07, 6.45) is 6.19. The van der Waals surface area contributed by atoms with Crippen LogP contribution in [0.2, 0.25) is 0 Å². The van der Waals surface area contributed by atoms with E-state index in [2.05, 4.69) is 25.6 Å². The van der Waals surface area contributed by atoms with Gasteiger partial charge >= 0.3 is 0 Å². The number of hydrogen-bond donors (Lipinski definition) is 1. The SMILES string of the molecule is Cc1nccnc1-c1csc(CNCC2CC2)n1. The Labute approximate surface area is 111 Å². The van der Waals surface area contributed by atoms with E-state index in [1.165, 1.54) is 12.8 Å². The highest BCUT2D eigenvalue weighted by Crippen LogP contribution is 2.28. The van der Waals surface area contributed by atoms with Crippen LogP contribution in [0.1, 0.15) is 23.5 Å².